The van der Waals surface area contributed by atoms with E-state index in [-0.39, 0.29) is 18.3 Å². The van der Waals surface area contributed by atoms with Gasteiger partial charge in [-0.25, -0.2) is 0 Å². The van der Waals surface area contributed by atoms with Crippen LogP contribution >= 0.6 is 0 Å². The van der Waals surface area contributed by atoms with Gasteiger partial charge in [-0.05, 0) is 81.9 Å². The molecule has 0 unspecified atom stereocenters. The van der Waals surface area contributed by atoms with Crippen molar-refractivity contribution in [3.05, 3.63) is 58.7 Å². The molecule has 0 aliphatic carbocycles. The minimum atomic E-state index is -0.386. The first-order valence-electron chi connectivity index (χ1n) is 9.27. The lowest BCUT2D eigenvalue weighted by Gasteiger charge is -2.32. The Bertz CT molecular complexity index is 841. The monoisotopic (exact) mass is 366 g/mol. The molecule has 1 aliphatic heterocycles. The fraction of sp³-hybridized carbons (Fsp3) is 0.409. The lowest BCUT2D eigenvalue weighted by Crippen LogP contribution is -2.41. The Hall–Kier alpha value is -2.11. The second-order valence-corrected chi connectivity index (χ2v) is 8.15. The van der Waals surface area contributed by atoms with Crippen molar-refractivity contribution in [1.29, 1.82) is 0 Å². The van der Waals surface area contributed by atoms with E-state index >= 15 is 0 Å². The Kier molecular flexibility index (Phi) is 5.19. The van der Waals surface area contributed by atoms with Gasteiger partial charge in [-0.2, -0.15) is 0 Å². The summed E-state index contributed by atoms with van der Waals surface area (Å²) >= 11 is 0. The molecule has 142 valence electrons. The van der Waals surface area contributed by atoms with Crippen LogP contribution in [0.1, 0.15) is 54.7 Å². The van der Waals surface area contributed by atoms with Crippen LogP contribution in [0.4, 0.5) is 0 Å². The predicted molar refractivity (Wildman–Crippen MR) is 108 cm³/mol. The van der Waals surface area contributed by atoms with Crippen LogP contribution in [0, 0.1) is 13.8 Å². The molecule has 0 radical (unpaired) electrons. The van der Waals surface area contributed by atoms with Crippen molar-refractivity contribution >= 4 is 18.9 Å². The maximum atomic E-state index is 10.9. The van der Waals surface area contributed by atoms with Gasteiger partial charge in [-0.1, -0.05) is 18.2 Å². The highest BCUT2D eigenvalue weighted by molar-refractivity contribution is 6.62. The van der Waals surface area contributed by atoms with Gasteiger partial charge in [-0.3, -0.25) is 4.79 Å². The summed E-state index contributed by atoms with van der Waals surface area (Å²) < 4.78 is 18.4. The van der Waals surface area contributed by atoms with Gasteiger partial charge in [0.05, 0.1) is 11.2 Å². The highest BCUT2D eigenvalue weighted by atomic mass is 16.7. The average molecular weight is 366 g/mol. The van der Waals surface area contributed by atoms with Gasteiger partial charge in [0.15, 0.2) is 0 Å². The van der Waals surface area contributed by atoms with Crippen LogP contribution in [-0.4, -0.2) is 24.6 Å². The summed E-state index contributed by atoms with van der Waals surface area (Å²) in [6.07, 6.45) is 0.842. The van der Waals surface area contributed by atoms with Gasteiger partial charge in [0, 0.05) is 5.56 Å². The number of benzene rings is 2. The third-order valence-electron chi connectivity index (χ3n) is 5.71. The molecule has 27 heavy (non-hydrogen) atoms. The predicted octanol–water partition coefficient (Wildman–Crippen LogP) is 3.99. The second-order valence-electron chi connectivity index (χ2n) is 8.15. The number of hydrogen-bond acceptors (Lipinski definition) is 4. The van der Waals surface area contributed by atoms with Crippen molar-refractivity contribution in [3.8, 4) is 5.75 Å². The van der Waals surface area contributed by atoms with E-state index < -0.39 is 0 Å². The van der Waals surface area contributed by atoms with E-state index in [1.54, 1.807) is 6.07 Å². The van der Waals surface area contributed by atoms with Crippen molar-refractivity contribution in [3.63, 3.8) is 0 Å². The van der Waals surface area contributed by atoms with E-state index in [2.05, 4.69) is 40.7 Å². The zero-order valence-electron chi connectivity index (χ0n) is 17.0. The maximum absolute atomic E-state index is 10.9. The Labute approximate surface area is 162 Å². The fourth-order valence-electron chi connectivity index (χ4n) is 3.15. The van der Waals surface area contributed by atoms with Crippen molar-refractivity contribution in [2.75, 3.05) is 0 Å². The van der Waals surface area contributed by atoms with Crippen molar-refractivity contribution in [2.45, 2.75) is 59.4 Å². The molecule has 1 fully saturated rings. The molecule has 0 aromatic heterocycles. The minimum Gasteiger partial charge on any atom is -0.489 e. The third-order valence-corrected chi connectivity index (χ3v) is 5.71. The summed E-state index contributed by atoms with van der Waals surface area (Å²) in [5, 5.41) is 0. The van der Waals surface area contributed by atoms with E-state index in [9.17, 15) is 4.79 Å². The van der Waals surface area contributed by atoms with Gasteiger partial charge in [0.1, 0.15) is 18.6 Å². The molecule has 1 heterocycles. The highest BCUT2D eigenvalue weighted by Crippen LogP contribution is 2.36. The maximum Gasteiger partial charge on any atom is 0.495 e. The number of aryl methyl sites for hydroxylation is 1. The zero-order valence-corrected chi connectivity index (χ0v) is 17.0. The molecule has 4 nitrogen and oxygen atoms in total. The van der Waals surface area contributed by atoms with E-state index in [0.717, 1.165) is 34.2 Å². The SMILES string of the molecule is Cc1cc(C=O)ccc1OCc1cccc(B2OC(C)(C)C(C)(C)O2)c1C. The molecular formula is C22H27BO4. The first-order valence-corrected chi connectivity index (χ1v) is 9.27. The van der Waals surface area contributed by atoms with Crippen LogP contribution in [-0.2, 0) is 15.9 Å². The van der Waals surface area contributed by atoms with Crippen LogP contribution < -0.4 is 10.2 Å². The van der Waals surface area contributed by atoms with Gasteiger partial charge < -0.3 is 14.0 Å². The van der Waals surface area contributed by atoms with E-state index in [1.807, 2.05) is 31.2 Å². The van der Waals surface area contributed by atoms with Crippen LogP contribution in [0.25, 0.3) is 0 Å². The van der Waals surface area contributed by atoms with E-state index in [0.29, 0.717) is 12.2 Å². The van der Waals surface area contributed by atoms with E-state index in [1.165, 1.54) is 0 Å². The number of carbonyl (C=O) groups is 1. The number of hydrogen-bond donors (Lipinski definition) is 0. The minimum absolute atomic E-state index is 0.367. The van der Waals surface area contributed by atoms with Gasteiger partial charge in [-0.15, -0.1) is 0 Å². The molecule has 0 atom stereocenters. The van der Waals surface area contributed by atoms with Gasteiger partial charge in [0.25, 0.3) is 0 Å². The first kappa shape index (κ1) is 19.7. The Balaban J connectivity index is 1.79. The molecule has 0 N–H and O–H groups in total. The molecule has 2 aromatic rings. The lowest BCUT2D eigenvalue weighted by atomic mass is 9.75. The van der Waals surface area contributed by atoms with Crippen molar-refractivity contribution in [2.24, 2.45) is 0 Å². The zero-order chi connectivity index (χ0) is 19.8. The molecule has 1 saturated heterocycles. The first-order chi connectivity index (χ1) is 12.6. The van der Waals surface area contributed by atoms with Crippen LogP contribution in [0.5, 0.6) is 5.75 Å². The van der Waals surface area contributed by atoms with Crippen molar-refractivity contribution < 1.29 is 18.8 Å². The summed E-state index contributed by atoms with van der Waals surface area (Å²) in [4.78, 5) is 10.9. The summed E-state index contributed by atoms with van der Waals surface area (Å²) in [6.45, 7) is 12.7. The average Bonchev–Trinajstić information content (AvgIpc) is 2.82. The van der Waals surface area contributed by atoms with Crippen LogP contribution in [0.15, 0.2) is 36.4 Å². The largest absolute Gasteiger partial charge is 0.495 e. The van der Waals surface area contributed by atoms with Gasteiger partial charge in [0.2, 0.25) is 0 Å². The topological polar surface area (TPSA) is 44.8 Å². The number of ether oxygens (including phenoxy) is 1. The summed E-state index contributed by atoms with van der Waals surface area (Å²) in [5.74, 6) is 0.779. The number of carbonyl (C=O) groups excluding carboxylic acids is 1. The summed E-state index contributed by atoms with van der Waals surface area (Å²) in [7, 11) is -0.386. The summed E-state index contributed by atoms with van der Waals surface area (Å²) in [5.41, 5.74) is 4.09. The molecule has 0 spiro atoms. The Morgan fingerprint density at radius 1 is 1.04 bits per heavy atom. The molecular weight excluding hydrogens is 339 g/mol. The van der Waals surface area contributed by atoms with Crippen LogP contribution in [0.3, 0.4) is 0 Å². The smallest absolute Gasteiger partial charge is 0.489 e. The number of rotatable bonds is 5. The van der Waals surface area contributed by atoms with Crippen molar-refractivity contribution in [1.82, 2.24) is 0 Å². The molecule has 0 bridgehead atoms. The third kappa shape index (κ3) is 3.80. The molecule has 0 amide bonds. The highest BCUT2D eigenvalue weighted by Gasteiger charge is 2.52. The number of aldehydes is 1. The fourth-order valence-corrected chi connectivity index (χ4v) is 3.15. The normalized spacial score (nSPS) is 17.8. The quantitative estimate of drug-likeness (QED) is 0.593. The van der Waals surface area contributed by atoms with E-state index in [4.69, 9.17) is 14.0 Å². The molecule has 2 aromatic carbocycles. The molecule has 0 saturated carbocycles. The molecule has 3 rings (SSSR count). The lowest BCUT2D eigenvalue weighted by molar-refractivity contribution is 0.00578. The second kappa shape index (κ2) is 7.14. The molecule has 5 heteroatoms. The summed E-state index contributed by atoms with van der Waals surface area (Å²) in [6, 6.07) is 11.5. The Morgan fingerprint density at radius 3 is 2.30 bits per heavy atom. The standard InChI is InChI=1S/C22H27BO4/c1-15-12-17(13-24)10-11-20(15)25-14-18-8-7-9-19(16(18)2)23-26-21(3,4)22(5,6)27-23/h7-13H,14H2,1-6H3. The van der Waals surface area contributed by atoms with Crippen LogP contribution in [0.2, 0.25) is 0 Å². The molecule has 1 aliphatic rings. The Morgan fingerprint density at radius 2 is 1.70 bits per heavy atom. The van der Waals surface area contributed by atoms with Gasteiger partial charge >= 0.3 is 7.12 Å².